The summed E-state index contributed by atoms with van der Waals surface area (Å²) in [5.74, 6) is -0.767. The van der Waals surface area contributed by atoms with Crippen LogP contribution in [0, 0.1) is 12.7 Å². The first-order valence-corrected chi connectivity index (χ1v) is 10.9. The standard InChI is InChI=1S/C20H21FN2O4S2/c1-14-3-2-4-18(22-29(25,26)16-7-5-15(21)6-8-16)17(14)13-19(28)20(24)23-9-11-27-12-10-23/h2-8,13,22,28H,9-12H2,1H3/b19-13-. The molecule has 3 rings (SSSR count). The third-order valence-corrected chi connectivity index (χ3v) is 6.19. The van der Waals surface area contributed by atoms with Gasteiger partial charge in [-0.2, -0.15) is 0 Å². The number of carbonyl (C=O) groups excluding carboxylic acids is 1. The number of aryl methyl sites for hydroxylation is 1. The molecular weight excluding hydrogens is 415 g/mol. The summed E-state index contributed by atoms with van der Waals surface area (Å²) in [5, 5.41) is 0. The van der Waals surface area contributed by atoms with Gasteiger partial charge in [-0.1, -0.05) is 12.1 Å². The number of hydrogen-bond acceptors (Lipinski definition) is 5. The number of morpholine rings is 1. The third-order valence-electron chi connectivity index (χ3n) is 4.49. The highest BCUT2D eigenvalue weighted by Crippen LogP contribution is 2.27. The summed E-state index contributed by atoms with van der Waals surface area (Å²) in [4.78, 5) is 14.4. The number of ether oxygens (including phenoxy) is 1. The molecule has 0 bridgehead atoms. The van der Waals surface area contributed by atoms with Crippen molar-refractivity contribution in [1.82, 2.24) is 4.90 Å². The van der Waals surface area contributed by atoms with Crippen LogP contribution in [-0.4, -0.2) is 45.5 Å². The van der Waals surface area contributed by atoms with Crippen LogP contribution in [0.3, 0.4) is 0 Å². The van der Waals surface area contributed by atoms with Crippen LogP contribution in [0.4, 0.5) is 10.1 Å². The maximum atomic E-state index is 13.1. The van der Waals surface area contributed by atoms with Gasteiger partial charge in [0.15, 0.2) is 0 Å². The van der Waals surface area contributed by atoms with Gasteiger partial charge in [0.1, 0.15) is 5.82 Å². The Morgan fingerprint density at radius 2 is 1.83 bits per heavy atom. The van der Waals surface area contributed by atoms with Gasteiger partial charge in [-0.05, 0) is 48.9 Å². The van der Waals surface area contributed by atoms with Gasteiger partial charge in [0.05, 0.1) is 28.7 Å². The fourth-order valence-corrected chi connectivity index (χ4v) is 4.26. The number of sulfonamides is 1. The van der Waals surface area contributed by atoms with Crippen molar-refractivity contribution in [3.8, 4) is 0 Å². The second-order valence-corrected chi connectivity index (χ2v) is 8.69. The summed E-state index contributed by atoms with van der Waals surface area (Å²) in [7, 11) is -3.93. The van der Waals surface area contributed by atoms with Gasteiger partial charge in [-0.15, -0.1) is 12.6 Å². The van der Waals surface area contributed by atoms with Crippen LogP contribution < -0.4 is 4.72 Å². The molecule has 0 atom stereocenters. The number of benzene rings is 2. The SMILES string of the molecule is Cc1cccc(NS(=O)(=O)c2ccc(F)cc2)c1/C=C(\S)C(=O)N1CCOCC1. The minimum absolute atomic E-state index is 0.0641. The predicted molar refractivity (Wildman–Crippen MR) is 113 cm³/mol. The Labute approximate surface area is 174 Å². The van der Waals surface area contributed by atoms with E-state index in [2.05, 4.69) is 17.4 Å². The van der Waals surface area contributed by atoms with E-state index in [-0.39, 0.29) is 15.7 Å². The molecule has 1 saturated heterocycles. The second kappa shape index (κ2) is 8.98. The summed E-state index contributed by atoms with van der Waals surface area (Å²) >= 11 is 4.34. The molecule has 9 heteroatoms. The summed E-state index contributed by atoms with van der Waals surface area (Å²) in [6.45, 7) is 3.71. The number of halogens is 1. The van der Waals surface area contributed by atoms with Crippen LogP contribution in [0.5, 0.6) is 0 Å². The highest BCUT2D eigenvalue weighted by molar-refractivity contribution is 7.92. The zero-order chi connectivity index (χ0) is 21.0. The number of rotatable bonds is 5. The quantitative estimate of drug-likeness (QED) is 0.558. The molecule has 154 valence electrons. The third kappa shape index (κ3) is 5.17. The lowest BCUT2D eigenvalue weighted by atomic mass is 10.1. The second-order valence-electron chi connectivity index (χ2n) is 6.53. The molecule has 0 aromatic heterocycles. The van der Waals surface area contributed by atoms with Crippen molar-refractivity contribution in [2.24, 2.45) is 0 Å². The van der Waals surface area contributed by atoms with Crippen LogP contribution in [-0.2, 0) is 19.6 Å². The van der Waals surface area contributed by atoms with E-state index in [1.54, 1.807) is 23.1 Å². The van der Waals surface area contributed by atoms with E-state index in [9.17, 15) is 17.6 Å². The highest BCUT2D eigenvalue weighted by atomic mass is 32.2. The number of anilines is 1. The molecule has 2 aromatic carbocycles. The van der Waals surface area contributed by atoms with Crippen molar-refractivity contribution in [3.05, 3.63) is 64.3 Å². The van der Waals surface area contributed by atoms with Crippen molar-refractivity contribution in [2.45, 2.75) is 11.8 Å². The smallest absolute Gasteiger partial charge is 0.261 e. The van der Waals surface area contributed by atoms with Gasteiger partial charge in [0.25, 0.3) is 15.9 Å². The molecular formula is C20H21FN2O4S2. The van der Waals surface area contributed by atoms with Gasteiger partial charge < -0.3 is 9.64 Å². The van der Waals surface area contributed by atoms with Crippen LogP contribution >= 0.6 is 12.6 Å². The number of nitrogens with zero attached hydrogens (tertiary/aromatic N) is 1. The Hall–Kier alpha value is -2.36. The van der Waals surface area contributed by atoms with E-state index in [0.717, 1.165) is 17.7 Å². The van der Waals surface area contributed by atoms with Gasteiger partial charge in [-0.3, -0.25) is 9.52 Å². The van der Waals surface area contributed by atoms with E-state index >= 15 is 0 Å². The summed E-state index contributed by atoms with van der Waals surface area (Å²) in [5.41, 5.74) is 1.60. The Kier molecular flexibility index (Phi) is 6.61. The maximum absolute atomic E-state index is 13.1. The van der Waals surface area contributed by atoms with E-state index in [4.69, 9.17) is 4.74 Å². The topological polar surface area (TPSA) is 75.7 Å². The Bertz CT molecular complexity index is 1030. The molecule has 1 fully saturated rings. The summed E-state index contributed by atoms with van der Waals surface area (Å²) < 4.78 is 46.2. The molecule has 1 amide bonds. The monoisotopic (exact) mass is 436 g/mol. The van der Waals surface area contributed by atoms with Crippen molar-refractivity contribution in [3.63, 3.8) is 0 Å². The van der Waals surface area contributed by atoms with Crippen LogP contribution in [0.1, 0.15) is 11.1 Å². The predicted octanol–water partition coefficient (Wildman–Crippen LogP) is 3.06. The normalized spacial score (nSPS) is 15.3. The molecule has 0 unspecified atom stereocenters. The van der Waals surface area contributed by atoms with Crippen LogP contribution in [0.25, 0.3) is 6.08 Å². The lowest BCUT2D eigenvalue weighted by Crippen LogP contribution is -2.40. The molecule has 2 aromatic rings. The molecule has 1 N–H and O–H groups in total. The Morgan fingerprint density at radius 3 is 2.48 bits per heavy atom. The zero-order valence-corrected chi connectivity index (χ0v) is 17.5. The van der Waals surface area contributed by atoms with Gasteiger partial charge >= 0.3 is 0 Å². The fraction of sp³-hybridized carbons (Fsp3) is 0.250. The van der Waals surface area contributed by atoms with E-state index in [1.807, 2.05) is 13.0 Å². The summed E-state index contributed by atoms with van der Waals surface area (Å²) in [6, 6.07) is 9.65. The van der Waals surface area contributed by atoms with Crippen molar-refractivity contribution in [1.29, 1.82) is 0 Å². The molecule has 0 radical (unpaired) electrons. The fourth-order valence-electron chi connectivity index (χ4n) is 2.91. The van der Waals surface area contributed by atoms with Crippen molar-refractivity contribution in [2.75, 3.05) is 31.0 Å². The number of hydrogen-bond donors (Lipinski definition) is 2. The van der Waals surface area contributed by atoms with E-state index in [1.165, 1.54) is 12.1 Å². The van der Waals surface area contributed by atoms with E-state index < -0.39 is 15.8 Å². The molecule has 0 spiro atoms. The zero-order valence-electron chi connectivity index (χ0n) is 15.8. The van der Waals surface area contributed by atoms with Crippen LogP contribution in [0.15, 0.2) is 52.3 Å². The first-order chi connectivity index (χ1) is 13.8. The van der Waals surface area contributed by atoms with Gasteiger partial charge in [0, 0.05) is 18.7 Å². The average Bonchev–Trinajstić information content (AvgIpc) is 2.70. The molecule has 1 aliphatic rings. The first kappa shape index (κ1) is 21.4. The lowest BCUT2D eigenvalue weighted by molar-refractivity contribution is -0.130. The van der Waals surface area contributed by atoms with Crippen LogP contribution in [0.2, 0.25) is 0 Å². The number of amides is 1. The first-order valence-electron chi connectivity index (χ1n) is 8.93. The number of carbonyl (C=O) groups is 1. The molecule has 0 saturated carbocycles. The number of nitrogens with one attached hydrogen (secondary N) is 1. The molecule has 29 heavy (non-hydrogen) atoms. The Balaban J connectivity index is 1.91. The Morgan fingerprint density at radius 1 is 1.17 bits per heavy atom. The number of thiol groups is 1. The van der Waals surface area contributed by atoms with E-state index in [0.29, 0.717) is 37.6 Å². The summed E-state index contributed by atoms with van der Waals surface area (Å²) in [6.07, 6.45) is 1.55. The molecule has 1 aliphatic heterocycles. The largest absolute Gasteiger partial charge is 0.378 e. The molecule has 1 heterocycles. The maximum Gasteiger partial charge on any atom is 0.261 e. The average molecular weight is 437 g/mol. The lowest BCUT2D eigenvalue weighted by Gasteiger charge is -2.26. The van der Waals surface area contributed by atoms with Crippen molar-refractivity contribution < 1.29 is 22.3 Å². The molecule has 0 aliphatic carbocycles. The van der Waals surface area contributed by atoms with Gasteiger partial charge in [-0.25, -0.2) is 12.8 Å². The van der Waals surface area contributed by atoms with Gasteiger partial charge in [0.2, 0.25) is 0 Å². The molecule has 6 nitrogen and oxygen atoms in total. The minimum atomic E-state index is -3.93. The minimum Gasteiger partial charge on any atom is -0.378 e. The van der Waals surface area contributed by atoms with Crippen molar-refractivity contribution >= 4 is 40.3 Å². The highest BCUT2D eigenvalue weighted by Gasteiger charge is 2.20.